The van der Waals surface area contributed by atoms with Gasteiger partial charge in [-0.05, 0) is 68.4 Å². The number of aliphatic hydroxyl groups excluding tert-OH is 1. The summed E-state index contributed by atoms with van der Waals surface area (Å²) in [6.07, 6.45) is 24.0. The molecule has 0 saturated carbocycles. The highest BCUT2D eigenvalue weighted by Crippen LogP contribution is 2.50. The largest absolute Gasteiger partial charge is 0.587 e. The molecule has 1 unspecified atom stereocenters. The number of hydrogen-bond acceptors (Lipinski definition) is 17. The number of alkyl halides is 3. The Morgan fingerprint density at radius 3 is 1.41 bits per heavy atom. The summed E-state index contributed by atoms with van der Waals surface area (Å²) >= 11 is 18.2. The van der Waals surface area contributed by atoms with Crippen molar-refractivity contribution in [1.29, 1.82) is 0 Å². The highest BCUT2D eigenvalue weighted by atomic mass is 35.6. The zero-order valence-electron chi connectivity index (χ0n) is 61.7. The number of para-hydroxylation sites is 2. The van der Waals surface area contributed by atoms with Gasteiger partial charge in [0.1, 0.15) is 48.6 Å². The van der Waals surface area contributed by atoms with Gasteiger partial charge >= 0.3 is 31.8 Å². The zero-order chi connectivity index (χ0) is 73.7. The van der Waals surface area contributed by atoms with Crippen molar-refractivity contribution in [1.82, 2.24) is 10.6 Å². The van der Waals surface area contributed by atoms with Gasteiger partial charge in [0, 0.05) is 12.8 Å². The lowest BCUT2D eigenvalue weighted by atomic mass is 9.96. The molecule has 3 N–H and O–H groups in total. The number of carbonyl (C=O) groups excluding carboxylic acids is 5. The number of rotatable bonds is 60. The third-order valence-corrected chi connectivity index (χ3v) is 19.5. The smallest absolute Gasteiger partial charge is 0.462 e. The number of nitrogens with one attached hydrogen (secondary N) is 2. The predicted octanol–water partition coefficient (Wildman–Crippen LogP) is 20.2. The van der Waals surface area contributed by atoms with Gasteiger partial charge in [0.2, 0.25) is 9.70 Å². The molecule has 0 aliphatic carbocycles. The molecule has 0 aromatic heterocycles. The van der Waals surface area contributed by atoms with Crippen LogP contribution >= 0.6 is 42.6 Å². The molecular formula is C79H124Cl3N2O17P. The summed E-state index contributed by atoms with van der Waals surface area (Å²) in [5.41, 5.74) is 0.843. The van der Waals surface area contributed by atoms with Crippen LogP contribution in [0.15, 0.2) is 91.0 Å². The van der Waals surface area contributed by atoms with Gasteiger partial charge in [-0.1, -0.05) is 309 Å². The summed E-state index contributed by atoms with van der Waals surface area (Å²) in [6, 6.07) is 23.1. The number of esters is 3. The molecular weight excluding hydrogens is 1390 g/mol. The van der Waals surface area contributed by atoms with Gasteiger partial charge in [0.25, 0.3) is 0 Å². The molecule has 3 aromatic carbocycles. The molecule has 23 heteroatoms. The van der Waals surface area contributed by atoms with Gasteiger partial charge in [0.05, 0.1) is 45.3 Å². The second-order valence-electron chi connectivity index (χ2n) is 27.1. The number of carbonyl (C=O) groups is 5. The first-order valence-electron chi connectivity index (χ1n) is 38.6. The molecule has 8 atom stereocenters. The van der Waals surface area contributed by atoms with Crippen LogP contribution in [0.3, 0.4) is 0 Å². The van der Waals surface area contributed by atoms with Crippen LogP contribution in [-0.4, -0.2) is 114 Å². The quantitative estimate of drug-likeness (QED) is 0.0156. The third-order valence-electron chi connectivity index (χ3n) is 17.8. The summed E-state index contributed by atoms with van der Waals surface area (Å²) in [5, 5.41) is 18.3. The Hall–Kier alpha value is -4.69. The van der Waals surface area contributed by atoms with Gasteiger partial charge < -0.3 is 57.9 Å². The van der Waals surface area contributed by atoms with Crippen LogP contribution in [0, 0.1) is 0 Å². The fraction of sp³-hybridized carbons (Fsp3) is 0.709. The summed E-state index contributed by atoms with van der Waals surface area (Å²) < 4.78 is 74.0. The second kappa shape index (κ2) is 55.7. The molecule has 1 aliphatic heterocycles. The first-order valence-corrected chi connectivity index (χ1v) is 41.2. The number of aliphatic hydroxyl groups is 1. The minimum Gasteiger partial charge on any atom is -0.462 e. The number of benzene rings is 3. The van der Waals surface area contributed by atoms with Crippen LogP contribution in [0.4, 0.5) is 4.79 Å². The minimum atomic E-state index is -4.71. The molecule has 4 rings (SSSR count). The van der Waals surface area contributed by atoms with Crippen LogP contribution in [0.25, 0.3) is 0 Å². The number of alkyl carbamates (subject to hydrolysis) is 1. The highest BCUT2D eigenvalue weighted by molar-refractivity contribution is 7.49. The van der Waals surface area contributed by atoms with Gasteiger partial charge in [-0.15, -0.1) is 0 Å². The number of hydrogen-bond donors (Lipinski definition) is 3. The molecule has 0 radical (unpaired) electrons. The third kappa shape index (κ3) is 43.1. The van der Waals surface area contributed by atoms with E-state index in [0.29, 0.717) is 32.1 Å². The molecule has 1 saturated heterocycles. The summed E-state index contributed by atoms with van der Waals surface area (Å²) in [5.74, 6) is -1.96. The SMILES string of the molecule is CCCCCCCCCCC[C@H](CC(=O)N[C@@H](COCc1ccccc1)COC1O[C@H](COP(=O)(Oc2ccccc2)Oc2ccccc2)[C@@H](O)[C@H](OC(=O)C[C@@H](CCCCCCCCCCC)OC(=O)CCCCCCCCC)[C@H]1NC(=O)OCC(Cl)(Cl)Cl)OC(=O)CCCCCCCCC. The van der Waals surface area contributed by atoms with Crippen LogP contribution in [0.5, 0.6) is 11.5 Å². The highest BCUT2D eigenvalue weighted by Gasteiger charge is 2.51. The van der Waals surface area contributed by atoms with Crippen LogP contribution < -0.4 is 19.7 Å². The lowest BCUT2D eigenvalue weighted by molar-refractivity contribution is -0.274. The predicted molar refractivity (Wildman–Crippen MR) is 403 cm³/mol. The molecule has 0 bridgehead atoms. The normalized spacial score (nSPS) is 17.0. The maximum Gasteiger partial charge on any atom is 0.587 e. The molecule has 0 spiro atoms. The molecule has 1 aliphatic rings. The van der Waals surface area contributed by atoms with E-state index >= 15 is 0 Å². The van der Waals surface area contributed by atoms with Gasteiger partial charge in [-0.25, -0.2) is 9.36 Å². The van der Waals surface area contributed by atoms with Crippen LogP contribution in [-0.2, 0) is 68.0 Å². The maximum absolute atomic E-state index is 14.9. The Bertz CT molecular complexity index is 2660. The molecule has 1 heterocycles. The number of ether oxygens (including phenoxy) is 7. The first kappa shape index (κ1) is 89.7. The van der Waals surface area contributed by atoms with E-state index in [9.17, 15) is 33.6 Å². The number of phosphoric acid groups is 1. The summed E-state index contributed by atoms with van der Waals surface area (Å²) in [7, 11) is -4.71. The lowest BCUT2D eigenvalue weighted by Gasteiger charge is -2.44. The van der Waals surface area contributed by atoms with Gasteiger partial charge in [-0.3, -0.25) is 23.7 Å². The fourth-order valence-corrected chi connectivity index (χ4v) is 13.5. The number of unbranched alkanes of at least 4 members (excludes halogenated alkanes) is 28. The van der Waals surface area contributed by atoms with E-state index in [4.69, 9.17) is 81.5 Å². The van der Waals surface area contributed by atoms with Crippen molar-refractivity contribution in [2.45, 2.75) is 331 Å². The Balaban J connectivity index is 1.73. The molecule has 1 fully saturated rings. The van der Waals surface area contributed by atoms with E-state index in [1.807, 2.05) is 30.3 Å². The number of phosphoric ester groups is 1. The van der Waals surface area contributed by atoms with Crippen LogP contribution in [0.2, 0.25) is 0 Å². The maximum atomic E-state index is 14.9. The molecule has 102 heavy (non-hydrogen) atoms. The lowest BCUT2D eigenvalue weighted by Crippen LogP contribution is -2.66. The topological polar surface area (TPSA) is 239 Å². The van der Waals surface area contributed by atoms with Crippen molar-refractivity contribution in [2.24, 2.45) is 0 Å². The minimum absolute atomic E-state index is 0.117. The summed E-state index contributed by atoms with van der Waals surface area (Å²) in [6.45, 7) is 6.80. The Morgan fingerprint density at radius 2 is 0.961 bits per heavy atom. The molecule has 3 aromatic rings. The van der Waals surface area contributed by atoms with Crippen molar-refractivity contribution in [2.75, 3.05) is 26.4 Å². The molecule has 2 amide bonds. The standard InChI is InChI=1S/C79H124Cl3N2O17P/c1-5-9-13-17-21-23-27-29-38-52-67(96-71(86)54-44-31-25-19-15-11-7-3)56-70(85)83-64(59-92-58-63-46-36-33-37-47-63)60-93-77-74(84-78(90)94-62-79(80,81)82)76(75(89)69(98-77)61-95-102(91,100-65-48-40-34-41-49-65)101-66-50-42-35-43-51-66)99-73(88)57-68(53-39-30-28-24-22-18-14-10-6-2)97-72(87)55-45-32-26-20-16-12-8-4/h33-37,40-43,46-51,64,67-69,74-77,89H,5-32,38-39,44-45,52-62H2,1-4H3,(H,83,85)(H,84,90)/t64-,67+,68+,69+,74+,75+,76+,77?/m0/s1. The first-order chi connectivity index (χ1) is 49.4. The zero-order valence-corrected chi connectivity index (χ0v) is 64.9. The summed E-state index contributed by atoms with van der Waals surface area (Å²) in [4.78, 5) is 70.4. The van der Waals surface area contributed by atoms with Crippen molar-refractivity contribution >= 4 is 72.5 Å². The van der Waals surface area contributed by atoms with E-state index in [0.717, 1.165) is 147 Å². The average molecular weight is 1510 g/mol. The Kier molecular flexibility index (Phi) is 49.0. The average Bonchev–Trinajstić information content (AvgIpc) is 0.788. The number of halogens is 3. The van der Waals surface area contributed by atoms with E-state index in [2.05, 4.69) is 38.3 Å². The van der Waals surface area contributed by atoms with E-state index in [-0.39, 0.29) is 49.9 Å². The van der Waals surface area contributed by atoms with Gasteiger partial charge in [-0.2, -0.15) is 0 Å². The van der Waals surface area contributed by atoms with Crippen molar-refractivity contribution < 1.29 is 80.4 Å². The monoisotopic (exact) mass is 1510 g/mol. The van der Waals surface area contributed by atoms with Crippen LogP contribution in [0.1, 0.15) is 277 Å². The fourth-order valence-electron chi connectivity index (χ4n) is 12.1. The molecule has 578 valence electrons. The Morgan fingerprint density at radius 1 is 0.539 bits per heavy atom. The van der Waals surface area contributed by atoms with Crippen molar-refractivity contribution in [3.8, 4) is 11.5 Å². The Labute approximate surface area is 625 Å². The molecule has 19 nitrogen and oxygen atoms in total. The van der Waals surface area contributed by atoms with Crippen molar-refractivity contribution in [3.05, 3.63) is 96.6 Å². The van der Waals surface area contributed by atoms with E-state index in [1.54, 1.807) is 60.7 Å². The van der Waals surface area contributed by atoms with Crippen molar-refractivity contribution in [3.63, 3.8) is 0 Å². The van der Waals surface area contributed by atoms with E-state index < -0.39 is 111 Å². The van der Waals surface area contributed by atoms with E-state index in [1.165, 1.54) is 44.9 Å². The second-order valence-corrected chi connectivity index (χ2v) is 31.1. The number of amides is 2. The van der Waals surface area contributed by atoms with Gasteiger partial charge in [0.15, 0.2) is 12.4 Å².